The SMILES string of the molecule is CCCCCCC(CCCCCC)C(=O)C(O)CO. The van der Waals surface area contributed by atoms with Crippen molar-refractivity contribution in [3.05, 3.63) is 0 Å². The molecule has 0 aromatic rings. The molecule has 3 nitrogen and oxygen atoms in total. The molecule has 19 heavy (non-hydrogen) atoms. The monoisotopic (exact) mass is 272 g/mol. The summed E-state index contributed by atoms with van der Waals surface area (Å²) in [5.74, 6) is -0.216. The van der Waals surface area contributed by atoms with E-state index in [9.17, 15) is 9.90 Å². The number of carbonyl (C=O) groups excluding carboxylic acids is 1. The number of aliphatic hydroxyl groups excluding tert-OH is 2. The van der Waals surface area contributed by atoms with Crippen LogP contribution in [0.2, 0.25) is 0 Å². The molecule has 0 aliphatic heterocycles. The molecule has 114 valence electrons. The lowest BCUT2D eigenvalue weighted by Crippen LogP contribution is -2.31. The molecule has 0 aliphatic carbocycles. The maximum absolute atomic E-state index is 12.0. The second kappa shape index (κ2) is 12.6. The Labute approximate surface area is 118 Å². The molecular weight excluding hydrogens is 240 g/mol. The molecule has 0 aromatic carbocycles. The van der Waals surface area contributed by atoms with Crippen LogP contribution in [0.5, 0.6) is 0 Å². The third kappa shape index (κ3) is 9.17. The Hall–Kier alpha value is -0.410. The fraction of sp³-hybridized carbons (Fsp3) is 0.938. The summed E-state index contributed by atoms with van der Waals surface area (Å²) in [5.41, 5.74) is 0. The lowest BCUT2D eigenvalue weighted by Gasteiger charge is -2.18. The zero-order valence-corrected chi connectivity index (χ0v) is 12.7. The third-order valence-electron chi connectivity index (χ3n) is 3.72. The largest absolute Gasteiger partial charge is 0.393 e. The van der Waals surface area contributed by atoms with E-state index in [2.05, 4.69) is 13.8 Å². The smallest absolute Gasteiger partial charge is 0.166 e. The van der Waals surface area contributed by atoms with E-state index in [1.54, 1.807) is 0 Å². The topological polar surface area (TPSA) is 57.5 Å². The van der Waals surface area contributed by atoms with E-state index in [4.69, 9.17) is 5.11 Å². The highest BCUT2D eigenvalue weighted by molar-refractivity contribution is 5.85. The van der Waals surface area contributed by atoms with E-state index in [-0.39, 0.29) is 11.7 Å². The molecule has 0 rings (SSSR count). The molecule has 0 heterocycles. The molecule has 1 atom stereocenters. The van der Waals surface area contributed by atoms with Gasteiger partial charge in [0.15, 0.2) is 5.78 Å². The summed E-state index contributed by atoms with van der Waals surface area (Å²) in [6.45, 7) is 3.89. The van der Waals surface area contributed by atoms with Gasteiger partial charge in [-0.15, -0.1) is 0 Å². The first kappa shape index (κ1) is 18.6. The lowest BCUT2D eigenvalue weighted by molar-refractivity contribution is -0.133. The molecule has 2 N–H and O–H groups in total. The van der Waals surface area contributed by atoms with Gasteiger partial charge in [-0.25, -0.2) is 0 Å². The van der Waals surface area contributed by atoms with Crippen molar-refractivity contribution in [2.75, 3.05) is 6.61 Å². The number of carbonyl (C=O) groups is 1. The van der Waals surface area contributed by atoms with Crippen molar-refractivity contribution in [3.63, 3.8) is 0 Å². The van der Waals surface area contributed by atoms with Gasteiger partial charge < -0.3 is 10.2 Å². The van der Waals surface area contributed by atoms with Crippen LogP contribution in [0.3, 0.4) is 0 Å². The van der Waals surface area contributed by atoms with Crippen molar-refractivity contribution in [1.29, 1.82) is 0 Å². The van der Waals surface area contributed by atoms with Crippen molar-refractivity contribution >= 4 is 5.78 Å². The van der Waals surface area contributed by atoms with E-state index >= 15 is 0 Å². The summed E-state index contributed by atoms with van der Waals surface area (Å²) in [4.78, 5) is 12.0. The van der Waals surface area contributed by atoms with Crippen LogP contribution < -0.4 is 0 Å². The fourth-order valence-corrected chi connectivity index (χ4v) is 2.43. The van der Waals surface area contributed by atoms with Gasteiger partial charge in [-0.2, -0.15) is 0 Å². The number of rotatable bonds is 13. The van der Waals surface area contributed by atoms with Crippen LogP contribution >= 0.6 is 0 Å². The van der Waals surface area contributed by atoms with E-state index < -0.39 is 12.7 Å². The minimum absolute atomic E-state index is 0.0594. The minimum atomic E-state index is -1.18. The van der Waals surface area contributed by atoms with Crippen LogP contribution in [0.15, 0.2) is 0 Å². The molecule has 0 spiro atoms. The van der Waals surface area contributed by atoms with Crippen LogP contribution in [0, 0.1) is 5.92 Å². The van der Waals surface area contributed by atoms with Crippen LogP contribution in [0.25, 0.3) is 0 Å². The normalized spacial score (nSPS) is 12.9. The van der Waals surface area contributed by atoms with Gasteiger partial charge in [-0.3, -0.25) is 4.79 Å². The average molecular weight is 272 g/mol. The van der Waals surface area contributed by atoms with Crippen LogP contribution in [0.1, 0.15) is 78.1 Å². The van der Waals surface area contributed by atoms with Gasteiger partial charge in [0.25, 0.3) is 0 Å². The highest BCUT2D eigenvalue weighted by Gasteiger charge is 2.23. The van der Waals surface area contributed by atoms with Gasteiger partial charge in [-0.05, 0) is 12.8 Å². The fourth-order valence-electron chi connectivity index (χ4n) is 2.43. The van der Waals surface area contributed by atoms with E-state index in [1.165, 1.54) is 25.7 Å². The maximum atomic E-state index is 12.0. The van der Waals surface area contributed by atoms with E-state index in [0.29, 0.717) is 0 Å². The number of aliphatic hydroxyl groups is 2. The molecule has 0 bridgehead atoms. The first-order valence-corrected chi connectivity index (χ1v) is 7.99. The Morgan fingerprint density at radius 3 is 1.74 bits per heavy atom. The predicted octanol–water partition coefficient (Wildman–Crippen LogP) is 3.47. The van der Waals surface area contributed by atoms with Crippen molar-refractivity contribution in [2.24, 2.45) is 5.92 Å². The summed E-state index contributed by atoms with van der Waals surface area (Å²) in [6.07, 6.45) is 9.76. The zero-order chi connectivity index (χ0) is 14.5. The summed E-state index contributed by atoms with van der Waals surface area (Å²) in [5, 5.41) is 18.4. The Morgan fingerprint density at radius 1 is 0.895 bits per heavy atom. The molecule has 0 saturated carbocycles. The lowest BCUT2D eigenvalue weighted by atomic mass is 9.88. The standard InChI is InChI=1S/C16H32O3/c1-3-5-7-9-11-14(12-10-8-6-4-2)16(19)15(18)13-17/h14-15,17-18H,3-13H2,1-2H3. The maximum Gasteiger partial charge on any atom is 0.166 e. The molecule has 0 aromatic heterocycles. The van der Waals surface area contributed by atoms with Gasteiger partial charge in [0, 0.05) is 5.92 Å². The number of unbranched alkanes of at least 4 members (excludes halogenated alkanes) is 6. The summed E-state index contributed by atoms with van der Waals surface area (Å²) in [7, 11) is 0. The predicted molar refractivity (Wildman–Crippen MR) is 79.1 cm³/mol. The summed E-state index contributed by atoms with van der Waals surface area (Å²) < 4.78 is 0. The molecule has 0 saturated heterocycles. The van der Waals surface area contributed by atoms with Crippen molar-refractivity contribution in [3.8, 4) is 0 Å². The number of hydrogen-bond donors (Lipinski definition) is 2. The van der Waals surface area contributed by atoms with Crippen LogP contribution in [-0.4, -0.2) is 28.7 Å². The molecular formula is C16H32O3. The minimum Gasteiger partial charge on any atom is -0.393 e. The number of Topliss-reactive ketones (excluding diaryl/α,β-unsaturated/α-hetero) is 1. The van der Waals surface area contributed by atoms with E-state index in [0.717, 1.165) is 38.5 Å². The highest BCUT2D eigenvalue weighted by Crippen LogP contribution is 2.20. The summed E-state index contributed by atoms with van der Waals surface area (Å²) in [6, 6.07) is 0. The van der Waals surface area contributed by atoms with Gasteiger partial charge >= 0.3 is 0 Å². The Kier molecular flexibility index (Phi) is 12.3. The molecule has 0 radical (unpaired) electrons. The highest BCUT2D eigenvalue weighted by atomic mass is 16.3. The van der Waals surface area contributed by atoms with Crippen LogP contribution in [-0.2, 0) is 4.79 Å². The molecule has 3 heteroatoms. The van der Waals surface area contributed by atoms with Gasteiger partial charge in [0.1, 0.15) is 6.10 Å². The first-order valence-electron chi connectivity index (χ1n) is 7.99. The Morgan fingerprint density at radius 2 is 1.37 bits per heavy atom. The second-order valence-corrected chi connectivity index (χ2v) is 5.50. The third-order valence-corrected chi connectivity index (χ3v) is 3.72. The van der Waals surface area contributed by atoms with Gasteiger partial charge in [0.2, 0.25) is 0 Å². The Bertz CT molecular complexity index is 204. The molecule has 0 amide bonds. The van der Waals surface area contributed by atoms with Crippen molar-refractivity contribution in [2.45, 2.75) is 84.2 Å². The van der Waals surface area contributed by atoms with E-state index in [1.807, 2.05) is 0 Å². The zero-order valence-electron chi connectivity index (χ0n) is 12.7. The van der Waals surface area contributed by atoms with Crippen molar-refractivity contribution in [1.82, 2.24) is 0 Å². The quantitative estimate of drug-likeness (QED) is 0.505. The van der Waals surface area contributed by atoms with Crippen LogP contribution in [0.4, 0.5) is 0 Å². The second-order valence-electron chi connectivity index (χ2n) is 5.50. The summed E-state index contributed by atoms with van der Waals surface area (Å²) >= 11 is 0. The van der Waals surface area contributed by atoms with Gasteiger partial charge in [-0.1, -0.05) is 65.2 Å². The number of hydrogen-bond acceptors (Lipinski definition) is 3. The Balaban J connectivity index is 4.09. The molecule has 0 fully saturated rings. The van der Waals surface area contributed by atoms with Crippen molar-refractivity contribution < 1.29 is 15.0 Å². The number of ketones is 1. The molecule has 1 unspecified atom stereocenters. The average Bonchev–Trinajstić information content (AvgIpc) is 2.44. The first-order chi connectivity index (χ1) is 9.17. The van der Waals surface area contributed by atoms with Gasteiger partial charge in [0.05, 0.1) is 6.61 Å². The molecule has 0 aliphatic rings.